The van der Waals surface area contributed by atoms with Gasteiger partial charge in [-0.1, -0.05) is 48.5 Å². The van der Waals surface area contributed by atoms with Gasteiger partial charge in [0, 0.05) is 36.7 Å². The van der Waals surface area contributed by atoms with Gasteiger partial charge in [-0.2, -0.15) is 0 Å². The minimum absolute atomic E-state index is 0.0136. The van der Waals surface area contributed by atoms with Gasteiger partial charge in [-0.25, -0.2) is 8.42 Å². The number of amides is 2. The van der Waals surface area contributed by atoms with E-state index in [2.05, 4.69) is 5.32 Å². The monoisotopic (exact) mass is 440 g/mol. The smallest absolute Gasteiger partial charge is 0.287 e. The molecule has 1 unspecified atom stereocenters. The molecule has 7 nitrogen and oxygen atoms in total. The second kappa shape index (κ2) is 8.55. The largest absolute Gasteiger partial charge is 0.451 e. The Kier molecular flexibility index (Phi) is 5.82. The lowest BCUT2D eigenvalue weighted by Gasteiger charge is -2.25. The second-order valence-electron chi connectivity index (χ2n) is 7.86. The molecule has 2 amide bonds. The zero-order valence-electron chi connectivity index (χ0n) is 17.2. The molecule has 2 heterocycles. The summed E-state index contributed by atoms with van der Waals surface area (Å²) in [5.74, 6) is -0.750. The number of nitrogens with one attached hydrogen (secondary N) is 1. The van der Waals surface area contributed by atoms with Crippen LogP contribution in [0.5, 0.6) is 0 Å². The molecule has 0 spiro atoms. The zero-order chi connectivity index (χ0) is 22.0. The summed E-state index contributed by atoms with van der Waals surface area (Å²) in [7, 11) is -3.39. The fraction of sp³-hybridized carbons (Fsp3) is 0.304. The summed E-state index contributed by atoms with van der Waals surface area (Å²) in [4.78, 5) is 27.2. The Bertz CT molecular complexity index is 1220. The minimum atomic E-state index is -3.39. The molecule has 0 radical (unpaired) electrons. The number of hydrogen-bond acceptors (Lipinski definition) is 5. The number of fused-ring (bicyclic) bond motifs is 1. The molecule has 1 aromatic heterocycles. The fourth-order valence-corrected chi connectivity index (χ4v) is 4.76. The van der Waals surface area contributed by atoms with Gasteiger partial charge in [0.2, 0.25) is 5.91 Å². The molecule has 8 heteroatoms. The predicted molar refractivity (Wildman–Crippen MR) is 117 cm³/mol. The highest BCUT2D eigenvalue weighted by Crippen LogP contribution is 2.28. The number of carbonyl (C=O) groups excluding carboxylic acids is 2. The van der Waals surface area contributed by atoms with E-state index in [9.17, 15) is 18.0 Å². The molecule has 1 N–H and O–H groups in total. The van der Waals surface area contributed by atoms with E-state index < -0.39 is 21.8 Å². The van der Waals surface area contributed by atoms with Gasteiger partial charge in [-0.15, -0.1) is 0 Å². The van der Waals surface area contributed by atoms with Crippen molar-refractivity contribution in [2.75, 3.05) is 19.3 Å². The number of rotatable bonds is 7. The first kappa shape index (κ1) is 21.1. The Balaban J connectivity index is 1.68. The van der Waals surface area contributed by atoms with Crippen LogP contribution in [0, 0.1) is 0 Å². The summed E-state index contributed by atoms with van der Waals surface area (Å²) in [5, 5.41) is 3.56. The van der Waals surface area contributed by atoms with E-state index in [0.29, 0.717) is 36.0 Å². The molecule has 1 aliphatic heterocycles. The van der Waals surface area contributed by atoms with Crippen LogP contribution in [0.4, 0.5) is 0 Å². The Morgan fingerprint density at radius 3 is 2.52 bits per heavy atom. The SMILES string of the molecule is CS(=O)(=O)Cc1c(C(=O)NC(CN2CCCC2=O)c2ccccc2)oc2ccccc12. The van der Waals surface area contributed by atoms with Crippen LogP contribution < -0.4 is 5.32 Å². The van der Waals surface area contributed by atoms with Crippen LogP contribution in [0.25, 0.3) is 11.0 Å². The summed E-state index contributed by atoms with van der Waals surface area (Å²) >= 11 is 0. The molecule has 1 fully saturated rings. The molecule has 0 bridgehead atoms. The van der Waals surface area contributed by atoms with Crippen molar-refractivity contribution in [2.45, 2.75) is 24.6 Å². The van der Waals surface area contributed by atoms with Crippen molar-refractivity contribution in [1.82, 2.24) is 10.2 Å². The third kappa shape index (κ3) is 4.80. The number of para-hydroxylation sites is 1. The van der Waals surface area contributed by atoms with Crippen LogP contribution in [-0.4, -0.2) is 44.5 Å². The quantitative estimate of drug-likeness (QED) is 0.609. The number of hydrogen-bond donors (Lipinski definition) is 1. The van der Waals surface area contributed by atoms with E-state index in [4.69, 9.17) is 4.42 Å². The van der Waals surface area contributed by atoms with Crippen LogP contribution in [0.3, 0.4) is 0 Å². The highest BCUT2D eigenvalue weighted by Gasteiger charge is 2.28. The number of furan rings is 1. The molecular formula is C23H24N2O5S. The lowest BCUT2D eigenvalue weighted by atomic mass is 10.1. The first-order chi connectivity index (χ1) is 14.8. The van der Waals surface area contributed by atoms with Crippen molar-refractivity contribution < 1.29 is 22.4 Å². The van der Waals surface area contributed by atoms with Crippen LogP contribution >= 0.6 is 0 Å². The average Bonchev–Trinajstić information content (AvgIpc) is 3.30. The molecule has 0 aliphatic carbocycles. The molecule has 2 aromatic carbocycles. The maximum absolute atomic E-state index is 13.3. The van der Waals surface area contributed by atoms with Gasteiger partial charge >= 0.3 is 0 Å². The summed E-state index contributed by atoms with van der Waals surface area (Å²) in [6, 6.07) is 15.9. The third-order valence-corrected chi connectivity index (χ3v) is 6.21. The molecule has 162 valence electrons. The van der Waals surface area contributed by atoms with Crippen molar-refractivity contribution in [2.24, 2.45) is 0 Å². The molecule has 1 saturated heterocycles. The first-order valence-electron chi connectivity index (χ1n) is 10.1. The third-order valence-electron chi connectivity index (χ3n) is 5.39. The van der Waals surface area contributed by atoms with Gasteiger partial charge in [0.25, 0.3) is 5.91 Å². The zero-order valence-corrected chi connectivity index (χ0v) is 18.0. The Morgan fingerprint density at radius 2 is 1.84 bits per heavy atom. The van der Waals surface area contributed by atoms with Crippen molar-refractivity contribution in [1.29, 1.82) is 0 Å². The van der Waals surface area contributed by atoms with Crippen LogP contribution in [0.15, 0.2) is 59.0 Å². The number of sulfone groups is 1. The number of carbonyl (C=O) groups is 2. The van der Waals surface area contributed by atoms with Crippen molar-refractivity contribution in [3.8, 4) is 0 Å². The van der Waals surface area contributed by atoms with E-state index >= 15 is 0 Å². The summed E-state index contributed by atoms with van der Waals surface area (Å²) < 4.78 is 29.8. The van der Waals surface area contributed by atoms with Gasteiger partial charge in [0.1, 0.15) is 5.58 Å². The average molecular weight is 441 g/mol. The normalized spacial score (nSPS) is 15.4. The molecule has 31 heavy (non-hydrogen) atoms. The Hall–Kier alpha value is -3.13. The van der Waals surface area contributed by atoms with Gasteiger partial charge in [-0.3, -0.25) is 9.59 Å². The molecule has 4 rings (SSSR count). The highest BCUT2D eigenvalue weighted by atomic mass is 32.2. The van der Waals surface area contributed by atoms with Gasteiger partial charge in [0.05, 0.1) is 11.8 Å². The minimum Gasteiger partial charge on any atom is -0.451 e. The molecule has 0 saturated carbocycles. The van der Waals surface area contributed by atoms with E-state index in [-0.39, 0.29) is 17.4 Å². The molecule has 3 aromatic rings. The second-order valence-corrected chi connectivity index (χ2v) is 10.00. The van der Waals surface area contributed by atoms with Gasteiger partial charge < -0.3 is 14.6 Å². The standard InChI is InChI=1S/C23H24N2O5S/c1-31(28,29)15-18-17-10-5-6-11-20(17)30-22(18)23(27)24-19(16-8-3-2-4-9-16)14-25-13-7-12-21(25)26/h2-6,8-11,19H,7,12-15H2,1H3,(H,24,27). The van der Waals surface area contributed by atoms with E-state index in [0.717, 1.165) is 18.2 Å². The Labute approximate surface area is 181 Å². The lowest BCUT2D eigenvalue weighted by molar-refractivity contribution is -0.128. The maximum Gasteiger partial charge on any atom is 0.287 e. The van der Waals surface area contributed by atoms with Gasteiger partial charge in [0.15, 0.2) is 15.6 Å². The number of nitrogens with zero attached hydrogens (tertiary/aromatic N) is 1. The molecule has 1 aliphatic rings. The van der Waals surface area contributed by atoms with Gasteiger partial charge in [-0.05, 0) is 18.1 Å². The summed E-state index contributed by atoms with van der Waals surface area (Å²) in [6.07, 6.45) is 2.44. The van der Waals surface area contributed by atoms with Crippen LogP contribution in [0.1, 0.15) is 40.6 Å². The Morgan fingerprint density at radius 1 is 1.13 bits per heavy atom. The number of likely N-dealkylation sites (tertiary alicyclic amines) is 1. The topological polar surface area (TPSA) is 96.7 Å². The molecular weight excluding hydrogens is 416 g/mol. The fourth-order valence-electron chi connectivity index (χ4n) is 3.95. The predicted octanol–water partition coefficient (Wildman–Crippen LogP) is 3.07. The van der Waals surface area contributed by atoms with E-state index in [1.54, 1.807) is 29.2 Å². The van der Waals surface area contributed by atoms with Crippen molar-refractivity contribution >= 4 is 32.6 Å². The lowest BCUT2D eigenvalue weighted by Crippen LogP contribution is -2.38. The number of benzene rings is 2. The van der Waals surface area contributed by atoms with Crippen molar-refractivity contribution in [3.63, 3.8) is 0 Å². The summed E-state index contributed by atoms with van der Waals surface area (Å²) in [6.45, 7) is 0.998. The molecule has 1 atom stereocenters. The maximum atomic E-state index is 13.3. The van der Waals surface area contributed by atoms with E-state index in [1.165, 1.54) is 0 Å². The highest BCUT2D eigenvalue weighted by molar-refractivity contribution is 7.89. The van der Waals surface area contributed by atoms with E-state index in [1.807, 2.05) is 30.3 Å². The summed E-state index contributed by atoms with van der Waals surface area (Å²) in [5.41, 5.74) is 1.66. The van der Waals surface area contributed by atoms with Crippen LogP contribution in [-0.2, 0) is 20.4 Å². The first-order valence-corrected chi connectivity index (χ1v) is 12.2. The van der Waals surface area contributed by atoms with Crippen molar-refractivity contribution in [3.05, 3.63) is 71.5 Å². The van der Waals surface area contributed by atoms with Crippen LogP contribution in [0.2, 0.25) is 0 Å².